The number of carbonyl (C=O) groups excluding carboxylic acids is 2. The van der Waals surface area contributed by atoms with E-state index in [1.54, 1.807) is 29.2 Å². The van der Waals surface area contributed by atoms with Gasteiger partial charge in [-0.25, -0.2) is 4.79 Å². The lowest BCUT2D eigenvalue weighted by molar-refractivity contribution is 0.0762. The number of phenolic OH excluding ortho intramolecular Hbond substituents is 1. The third-order valence-electron chi connectivity index (χ3n) is 4.72. The van der Waals surface area contributed by atoms with Crippen LogP contribution in [0.1, 0.15) is 27.9 Å². The lowest BCUT2D eigenvalue weighted by Gasteiger charge is -2.22. The van der Waals surface area contributed by atoms with Gasteiger partial charge in [0.05, 0.1) is 0 Å². The van der Waals surface area contributed by atoms with Gasteiger partial charge < -0.3 is 20.2 Å². The van der Waals surface area contributed by atoms with E-state index in [4.69, 9.17) is 0 Å². The highest BCUT2D eigenvalue weighted by Gasteiger charge is 2.22. The highest BCUT2D eigenvalue weighted by Crippen LogP contribution is 2.12. The Bertz CT molecular complexity index is 805. The molecule has 0 bridgehead atoms. The molecule has 0 spiro atoms. The first kappa shape index (κ1) is 18.8. The summed E-state index contributed by atoms with van der Waals surface area (Å²) in [6.45, 7) is 4.69. The van der Waals surface area contributed by atoms with E-state index in [0.717, 1.165) is 17.5 Å². The van der Waals surface area contributed by atoms with Crippen molar-refractivity contribution in [3.63, 3.8) is 0 Å². The molecule has 3 amide bonds. The molecule has 0 unspecified atom stereocenters. The van der Waals surface area contributed by atoms with Crippen LogP contribution in [0.5, 0.6) is 5.75 Å². The summed E-state index contributed by atoms with van der Waals surface area (Å²) in [6.07, 6.45) is 0.754. The molecule has 1 heterocycles. The molecule has 2 aromatic rings. The average Bonchev–Trinajstić information content (AvgIpc) is 2.93. The van der Waals surface area contributed by atoms with Crippen LogP contribution in [0.4, 0.5) is 4.79 Å². The molecule has 0 saturated carbocycles. The van der Waals surface area contributed by atoms with Crippen LogP contribution < -0.4 is 5.32 Å². The second kappa shape index (κ2) is 8.58. The molecule has 1 fully saturated rings. The summed E-state index contributed by atoms with van der Waals surface area (Å²) in [7, 11) is 0. The van der Waals surface area contributed by atoms with Gasteiger partial charge in [-0.2, -0.15) is 0 Å². The number of nitrogens with zero attached hydrogens (tertiary/aromatic N) is 2. The van der Waals surface area contributed by atoms with Gasteiger partial charge in [-0.15, -0.1) is 0 Å². The van der Waals surface area contributed by atoms with Gasteiger partial charge in [-0.1, -0.05) is 29.8 Å². The fourth-order valence-corrected chi connectivity index (χ4v) is 3.19. The maximum Gasteiger partial charge on any atom is 0.317 e. The number of hydrogen-bond acceptors (Lipinski definition) is 3. The molecule has 0 atom stereocenters. The normalized spacial score (nSPS) is 14.6. The second-order valence-corrected chi connectivity index (χ2v) is 6.83. The smallest absolute Gasteiger partial charge is 0.317 e. The molecule has 2 aromatic carbocycles. The fourth-order valence-electron chi connectivity index (χ4n) is 3.19. The van der Waals surface area contributed by atoms with Crippen LogP contribution in [0.3, 0.4) is 0 Å². The van der Waals surface area contributed by atoms with Crippen molar-refractivity contribution >= 4 is 11.9 Å². The summed E-state index contributed by atoms with van der Waals surface area (Å²) >= 11 is 0. The number of amides is 3. The number of benzene rings is 2. The van der Waals surface area contributed by atoms with Crippen LogP contribution in [-0.2, 0) is 6.54 Å². The molecule has 1 aliphatic rings. The maximum atomic E-state index is 12.7. The van der Waals surface area contributed by atoms with Gasteiger partial charge in [-0.05, 0) is 43.2 Å². The average molecular weight is 367 g/mol. The zero-order valence-corrected chi connectivity index (χ0v) is 15.5. The third kappa shape index (κ3) is 5.00. The van der Waals surface area contributed by atoms with Gasteiger partial charge in [0.25, 0.3) is 5.91 Å². The Labute approximate surface area is 159 Å². The van der Waals surface area contributed by atoms with E-state index in [2.05, 4.69) is 5.32 Å². The summed E-state index contributed by atoms with van der Waals surface area (Å²) in [5.74, 6) is 0.223. The quantitative estimate of drug-likeness (QED) is 0.876. The highest BCUT2D eigenvalue weighted by molar-refractivity contribution is 5.94. The van der Waals surface area contributed by atoms with E-state index < -0.39 is 0 Å². The molecule has 0 aliphatic carbocycles. The molecule has 6 heteroatoms. The summed E-state index contributed by atoms with van der Waals surface area (Å²) in [5.41, 5.74) is 2.68. The zero-order valence-electron chi connectivity index (χ0n) is 15.5. The first-order valence-electron chi connectivity index (χ1n) is 9.19. The fraction of sp³-hybridized carbons (Fsp3) is 0.333. The van der Waals surface area contributed by atoms with E-state index in [1.807, 2.05) is 36.1 Å². The van der Waals surface area contributed by atoms with Crippen LogP contribution in [0.2, 0.25) is 0 Å². The monoisotopic (exact) mass is 367 g/mol. The lowest BCUT2D eigenvalue weighted by atomic mass is 10.1. The van der Waals surface area contributed by atoms with E-state index in [0.29, 0.717) is 38.3 Å². The number of urea groups is 1. The lowest BCUT2D eigenvalue weighted by Crippen LogP contribution is -2.42. The Morgan fingerprint density at radius 1 is 1.00 bits per heavy atom. The molecule has 2 N–H and O–H groups in total. The van der Waals surface area contributed by atoms with Crippen molar-refractivity contribution in [2.24, 2.45) is 0 Å². The van der Waals surface area contributed by atoms with Crippen LogP contribution in [-0.4, -0.2) is 53.0 Å². The minimum Gasteiger partial charge on any atom is -0.508 e. The first-order valence-corrected chi connectivity index (χ1v) is 9.19. The van der Waals surface area contributed by atoms with Gasteiger partial charge in [0, 0.05) is 38.3 Å². The Morgan fingerprint density at radius 3 is 2.44 bits per heavy atom. The molecule has 6 nitrogen and oxygen atoms in total. The Hall–Kier alpha value is -3.02. The SMILES string of the molecule is Cc1cccc(C(=O)N2CCCN(C(=O)NCc3ccc(O)cc3)CC2)c1. The number of carbonyl (C=O) groups is 2. The first-order chi connectivity index (χ1) is 13.0. The van der Waals surface area contributed by atoms with Crippen LogP contribution in [0.25, 0.3) is 0 Å². The molecule has 1 saturated heterocycles. The molecule has 1 aliphatic heterocycles. The van der Waals surface area contributed by atoms with Gasteiger partial charge >= 0.3 is 6.03 Å². The van der Waals surface area contributed by atoms with Gasteiger partial charge in [0.1, 0.15) is 5.75 Å². The van der Waals surface area contributed by atoms with Crippen LogP contribution in [0, 0.1) is 6.92 Å². The number of nitrogens with one attached hydrogen (secondary N) is 1. The standard InChI is InChI=1S/C21H25N3O3/c1-16-4-2-5-18(14-16)20(26)23-10-3-11-24(13-12-23)21(27)22-15-17-6-8-19(25)9-7-17/h2,4-9,14,25H,3,10-13,15H2,1H3,(H,22,27). The number of aromatic hydroxyl groups is 1. The minimum atomic E-state index is -0.132. The predicted molar refractivity (Wildman–Crippen MR) is 104 cm³/mol. The number of phenols is 1. The van der Waals surface area contributed by atoms with E-state index in [1.165, 1.54) is 0 Å². The minimum absolute atomic E-state index is 0.0186. The maximum absolute atomic E-state index is 12.7. The molecule has 3 rings (SSSR count). The Kier molecular flexibility index (Phi) is 5.96. The van der Waals surface area contributed by atoms with Crippen LogP contribution >= 0.6 is 0 Å². The molecule has 0 aromatic heterocycles. The van der Waals surface area contributed by atoms with Crippen molar-refractivity contribution in [2.75, 3.05) is 26.2 Å². The molecular weight excluding hydrogens is 342 g/mol. The second-order valence-electron chi connectivity index (χ2n) is 6.83. The summed E-state index contributed by atoms with van der Waals surface area (Å²) < 4.78 is 0. The van der Waals surface area contributed by atoms with Crippen molar-refractivity contribution in [3.05, 3.63) is 65.2 Å². The van der Waals surface area contributed by atoms with Crippen molar-refractivity contribution in [2.45, 2.75) is 19.9 Å². The van der Waals surface area contributed by atoms with E-state index in [9.17, 15) is 14.7 Å². The van der Waals surface area contributed by atoms with Crippen molar-refractivity contribution in [1.29, 1.82) is 0 Å². The van der Waals surface area contributed by atoms with Gasteiger partial charge in [0.15, 0.2) is 0 Å². The molecule has 0 radical (unpaired) electrons. The van der Waals surface area contributed by atoms with Crippen molar-refractivity contribution in [3.8, 4) is 5.75 Å². The highest BCUT2D eigenvalue weighted by atomic mass is 16.3. The van der Waals surface area contributed by atoms with Crippen LogP contribution in [0.15, 0.2) is 48.5 Å². The van der Waals surface area contributed by atoms with Crippen molar-refractivity contribution < 1.29 is 14.7 Å². The predicted octanol–water partition coefficient (Wildman–Crippen LogP) is 2.76. The Balaban J connectivity index is 1.53. The Morgan fingerprint density at radius 2 is 1.70 bits per heavy atom. The summed E-state index contributed by atoms with van der Waals surface area (Å²) in [5, 5.41) is 12.2. The molecular formula is C21H25N3O3. The van der Waals surface area contributed by atoms with Gasteiger partial charge in [-0.3, -0.25) is 4.79 Å². The molecule has 142 valence electrons. The van der Waals surface area contributed by atoms with E-state index in [-0.39, 0.29) is 17.7 Å². The number of aryl methyl sites for hydroxylation is 1. The van der Waals surface area contributed by atoms with E-state index >= 15 is 0 Å². The van der Waals surface area contributed by atoms with Gasteiger partial charge in [0.2, 0.25) is 0 Å². The largest absolute Gasteiger partial charge is 0.508 e. The third-order valence-corrected chi connectivity index (χ3v) is 4.72. The number of rotatable bonds is 3. The topological polar surface area (TPSA) is 72.9 Å². The summed E-state index contributed by atoms with van der Waals surface area (Å²) in [6, 6.07) is 14.2. The number of hydrogen-bond donors (Lipinski definition) is 2. The van der Waals surface area contributed by atoms with Crippen molar-refractivity contribution in [1.82, 2.24) is 15.1 Å². The molecule has 27 heavy (non-hydrogen) atoms. The zero-order chi connectivity index (χ0) is 19.2. The summed E-state index contributed by atoms with van der Waals surface area (Å²) in [4.78, 5) is 28.7.